The van der Waals surface area contributed by atoms with E-state index < -0.39 is 5.41 Å². The first-order valence-electron chi connectivity index (χ1n) is 2.26. The fourth-order valence-electron chi connectivity index (χ4n) is 0.115. The van der Waals surface area contributed by atoms with Crippen LogP contribution in [0.15, 0.2) is 0 Å². The number of hydrogen-bond donors (Lipinski definition) is 3. The fourth-order valence-corrected chi connectivity index (χ4v) is 0.115. The van der Waals surface area contributed by atoms with Gasteiger partial charge in [0.05, 0.1) is 0 Å². The molecule has 0 bridgehead atoms. The summed E-state index contributed by atoms with van der Waals surface area (Å²) in [5.41, 5.74) is -0.958. The topological polar surface area (TPSA) is 60.7 Å². The SMILES string of the molecule is CC([CH-]O)([CH-]O)CO.[V].[W]. The second-order valence-electron chi connectivity index (χ2n) is 1.92. The van der Waals surface area contributed by atoms with Crippen LogP contribution in [0, 0.1) is 18.6 Å². The van der Waals surface area contributed by atoms with Crippen molar-refractivity contribution in [1.29, 1.82) is 0 Å². The van der Waals surface area contributed by atoms with Crippen molar-refractivity contribution in [3.63, 3.8) is 0 Å². The van der Waals surface area contributed by atoms with E-state index in [1.807, 2.05) is 0 Å². The second-order valence-corrected chi connectivity index (χ2v) is 1.92. The van der Waals surface area contributed by atoms with Crippen LogP contribution >= 0.6 is 0 Å². The molecule has 0 aliphatic rings. The Labute approximate surface area is 87.0 Å². The molecular formula is C5H10O3VW-2. The Bertz CT molecular complexity index is 59.6. The van der Waals surface area contributed by atoms with Gasteiger partial charge < -0.3 is 15.3 Å². The van der Waals surface area contributed by atoms with Crippen LogP contribution in [0.4, 0.5) is 0 Å². The molecule has 1 radical (unpaired) electrons. The van der Waals surface area contributed by atoms with E-state index in [1.54, 1.807) is 0 Å². The summed E-state index contributed by atoms with van der Waals surface area (Å²) in [5, 5.41) is 25.0. The van der Waals surface area contributed by atoms with E-state index in [-0.39, 0.29) is 46.2 Å². The molecule has 10 heavy (non-hydrogen) atoms. The fraction of sp³-hybridized carbons (Fsp3) is 0.600. The zero-order chi connectivity index (χ0) is 6.62. The van der Waals surface area contributed by atoms with Crippen LogP contribution < -0.4 is 0 Å². The average molecular weight is 353 g/mol. The third-order valence-electron chi connectivity index (χ3n) is 0.931. The van der Waals surface area contributed by atoms with Crippen molar-refractivity contribution in [2.45, 2.75) is 6.92 Å². The number of rotatable bonds is 3. The summed E-state index contributed by atoms with van der Waals surface area (Å²) in [6, 6.07) is 0. The molecule has 0 saturated heterocycles. The molecule has 0 heterocycles. The van der Waals surface area contributed by atoms with Gasteiger partial charge >= 0.3 is 0 Å². The van der Waals surface area contributed by atoms with Gasteiger partial charge in [0, 0.05) is 39.6 Å². The predicted octanol–water partition coefficient (Wildman–Crippen LogP) is 0.0486. The zero-order valence-corrected chi connectivity index (χ0v) is 9.89. The molecule has 0 amide bonds. The van der Waals surface area contributed by atoms with Crippen molar-refractivity contribution in [2.24, 2.45) is 5.41 Å². The minimum absolute atomic E-state index is 0. The van der Waals surface area contributed by atoms with E-state index in [4.69, 9.17) is 15.3 Å². The van der Waals surface area contributed by atoms with E-state index in [1.165, 1.54) is 6.92 Å². The largest absolute Gasteiger partial charge is 0.568 e. The summed E-state index contributed by atoms with van der Waals surface area (Å²) >= 11 is 0. The predicted molar refractivity (Wildman–Crippen MR) is 27.7 cm³/mol. The molecule has 0 rings (SSSR count). The zero-order valence-electron chi connectivity index (χ0n) is 5.56. The number of aliphatic hydroxyl groups is 3. The summed E-state index contributed by atoms with van der Waals surface area (Å²) in [7, 11) is 0. The Kier molecular flexibility index (Phi) is 14.3. The molecule has 3 N–H and O–H groups in total. The Morgan fingerprint density at radius 1 is 1.30 bits per heavy atom. The molecule has 0 aliphatic carbocycles. The third-order valence-corrected chi connectivity index (χ3v) is 0.931. The smallest absolute Gasteiger partial charge is 0 e. The van der Waals surface area contributed by atoms with Crippen LogP contribution in [-0.2, 0) is 39.6 Å². The van der Waals surface area contributed by atoms with Crippen LogP contribution in [0.5, 0.6) is 0 Å². The van der Waals surface area contributed by atoms with Crippen LogP contribution in [-0.4, -0.2) is 21.9 Å². The van der Waals surface area contributed by atoms with Crippen molar-refractivity contribution in [3.05, 3.63) is 13.2 Å². The third kappa shape index (κ3) is 5.90. The van der Waals surface area contributed by atoms with Crippen molar-refractivity contribution in [2.75, 3.05) is 6.61 Å². The van der Waals surface area contributed by atoms with Gasteiger partial charge in [-0.1, -0.05) is 0 Å². The standard InChI is InChI=1S/C5H10O3.V.W/c1-5(2-6,3-7)4-8;;/h2-3,6-8H,4H2,1H3;;/q-2;;. The van der Waals surface area contributed by atoms with Gasteiger partial charge in [-0.25, -0.2) is 18.6 Å². The Balaban J connectivity index is -0.000000245. The number of aliphatic hydroxyl groups excluding tert-OH is 3. The maximum atomic E-state index is 8.40. The molecule has 0 aromatic rings. The summed E-state index contributed by atoms with van der Waals surface area (Å²) in [5.74, 6) is 0. The van der Waals surface area contributed by atoms with Crippen LogP contribution in [0.25, 0.3) is 0 Å². The molecule has 5 heteroatoms. The van der Waals surface area contributed by atoms with E-state index in [0.717, 1.165) is 13.2 Å². The van der Waals surface area contributed by atoms with E-state index in [2.05, 4.69) is 0 Å². The summed E-state index contributed by atoms with van der Waals surface area (Å²) in [6.45, 7) is 2.69. The molecule has 0 fully saturated rings. The van der Waals surface area contributed by atoms with Crippen molar-refractivity contribution >= 4 is 0 Å². The van der Waals surface area contributed by atoms with Gasteiger partial charge in [-0.3, -0.25) is 0 Å². The molecule has 61 valence electrons. The first-order valence-corrected chi connectivity index (χ1v) is 2.26. The minimum Gasteiger partial charge on any atom is -0.568 e. The molecule has 0 aromatic carbocycles. The molecule has 0 aliphatic heterocycles. The molecule has 0 aromatic heterocycles. The quantitative estimate of drug-likeness (QED) is 0.629. The molecule has 0 saturated carbocycles. The van der Waals surface area contributed by atoms with Crippen molar-refractivity contribution in [1.82, 2.24) is 0 Å². The van der Waals surface area contributed by atoms with E-state index in [0.29, 0.717) is 0 Å². The Morgan fingerprint density at radius 2 is 1.60 bits per heavy atom. The molecule has 0 unspecified atom stereocenters. The van der Waals surface area contributed by atoms with Gasteiger partial charge in [0.25, 0.3) is 0 Å². The van der Waals surface area contributed by atoms with Crippen LogP contribution in [0.3, 0.4) is 0 Å². The first kappa shape index (κ1) is 17.3. The van der Waals surface area contributed by atoms with E-state index in [9.17, 15) is 0 Å². The van der Waals surface area contributed by atoms with Gasteiger partial charge in [0.15, 0.2) is 0 Å². The average Bonchev–Trinajstić information content (AvgIpc) is 1.87. The van der Waals surface area contributed by atoms with E-state index >= 15 is 0 Å². The Hall–Kier alpha value is 1.15. The summed E-state index contributed by atoms with van der Waals surface area (Å²) in [4.78, 5) is 0. The molecular weight excluding hydrogens is 343 g/mol. The molecule has 0 spiro atoms. The van der Waals surface area contributed by atoms with Crippen molar-refractivity contribution < 1.29 is 54.9 Å². The number of hydrogen-bond acceptors (Lipinski definition) is 3. The van der Waals surface area contributed by atoms with Crippen molar-refractivity contribution in [3.8, 4) is 0 Å². The maximum Gasteiger partial charge on any atom is 0 e. The maximum absolute atomic E-state index is 8.40. The second kappa shape index (κ2) is 8.25. The van der Waals surface area contributed by atoms with Crippen LogP contribution in [0.1, 0.15) is 6.92 Å². The van der Waals surface area contributed by atoms with Gasteiger partial charge in [-0.2, -0.15) is 0 Å². The van der Waals surface area contributed by atoms with Gasteiger partial charge in [0.1, 0.15) is 0 Å². The monoisotopic (exact) mass is 353 g/mol. The van der Waals surface area contributed by atoms with Crippen LogP contribution in [0.2, 0.25) is 0 Å². The normalized spacial score (nSPS) is 9.60. The molecule has 3 nitrogen and oxygen atoms in total. The van der Waals surface area contributed by atoms with Gasteiger partial charge in [-0.15, -0.1) is 6.92 Å². The Morgan fingerprint density at radius 3 is 1.60 bits per heavy atom. The summed E-state index contributed by atoms with van der Waals surface area (Å²) < 4.78 is 0. The van der Waals surface area contributed by atoms with Gasteiger partial charge in [-0.05, 0) is 6.61 Å². The summed E-state index contributed by atoms with van der Waals surface area (Å²) in [6.07, 6.45) is 0. The minimum atomic E-state index is -0.958. The first-order chi connectivity index (χ1) is 3.68. The molecule has 0 atom stereocenters. The van der Waals surface area contributed by atoms with Gasteiger partial charge in [0.2, 0.25) is 0 Å².